The van der Waals surface area contributed by atoms with Crippen LogP contribution in [0, 0.1) is 5.41 Å². The zero-order valence-corrected chi connectivity index (χ0v) is 35.4. The number of nitrogens with one attached hydrogen (secondary N) is 3. The van der Waals surface area contributed by atoms with E-state index in [9.17, 15) is 50.4 Å². The first kappa shape index (κ1) is 52.1. The molecule has 24 heteroatoms. The van der Waals surface area contributed by atoms with Gasteiger partial charge in [0.25, 0.3) is 5.91 Å². The molecule has 3 aromatic rings. The standard InChI is InChI=1S/C38H58ClN9O13S/c39-34-36(41)46-35(40)29(45-34)37(60)47-38(42)43-12-2-1-5-20-6-8-21(9-7-20)26-15-44-27(62-26)10-11-28(55)61-14-4-3-13-48(16-22(51)30(56)32(58)24(53)18-49)17-23(52)31(57)33(59)25(54)19-50/h6-9,15,22-25,30-33,49-54,56-59H,1-5,10-14,16-19H2,(H4,40,41,46)(H3,42,43,47,60). The summed E-state index contributed by atoms with van der Waals surface area (Å²) in [5.74, 6) is -1.73. The van der Waals surface area contributed by atoms with E-state index in [0.717, 1.165) is 40.3 Å². The van der Waals surface area contributed by atoms with E-state index in [1.165, 1.54) is 16.2 Å². The van der Waals surface area contributed by atoms with Crippen LogP contribution in [0.25, 0.3) is 10.4 Å². The molecule has 8 atom stereocenters. The number of hydrogen-bond donors (Lipinski definition) is 15. The van der Waals surface area contributed by atoms with Crippen LogP contribution in [0.3, 0.4) is 0 Å². The van der Waals surface area contributed by atoms with Crippen LogP contribution < -0.4 is 22.1 Å². The predicted octanol–water partition coefficient (Wildman–Crippen LogP) is -2.88. The average Bonchev–Trinajstić information content (AvgIpc) is 3.74. The number of halogens is 1. The van der Waals surface area contributed by atoms with E-state index in [1.807, 2.05) is 24.3 Å². The first-order valence-electron chi connectivity index (χ1n) is 19.8. The molecule has 1 amide bonds. The number of anilines is 2. The molecule has 22 nitrogen and oxygen atoms in total. The maximum Gasteiger partial charge on any atom is 0.306 e. The molecule has 0 radical (unpaired) electrons. The molecule has 8 unspecified atom stereocenters. The molecule has 0 saturated carbocycles. The van der Waals surface area contributed by atoms with Gasteiger partial charge in [-0.1, -0.05) is 35.9 Å². The van der Waals surface area contributed by atoms with Gasteiger partial charge >= 0.3 is 5.97 Å². The van der Waals surface area contributed by atoms with E-state index in [1.54, 1.807) is 6.20 Å². The van der Waals surface area contributed by atoms with Crippen LogP contribution in [0.15, 0.2) is 30.5 Å². The number of carbonyl (C=O) groups excluding carboxylic acids is 2. The molecule has 0 aliphatic carbocycles. The Hall–Kier alpha value is -4.21. The van der Waals surface area contributed by atoms with Crippen molar-refractivity contribution in [3.05, 3.63) is 51.9 Å². The Morgan fingerprint density at radius 2 is 1.40 bits per heavy atom. The fourth-order valence-electron chi connectivity index (χ4n) is 5.92. The normalized spacial score (nSPS) is 15.5. The number of aryl methyl sites for hydroxylation is 2. The number of ether oxygens (including phenoxy) is 1. The van der Waals surface area contributed by atoms with Crippen molar-refractivity contribution in [1.29, 1.82) is 5.41 Å². The van der Waals surface area contributed by atoms with Crippen molar-refractivity contribution in [2.24, 2.45) is 0 Å². The molecule has 0 spiro atoms. The number of aliphatic hydroxyl groups excluding tert-OH is 10. The number of hydrogen-bond acceptors (Lipinski definition) is 21. The van der Waals surface area contributed by atoms with E-state index in [-0.39, 0.29) is 48.0 Å². The molecular formula is C38H58ClN9O13S. The van der Waals surface area contributed by atoms with Crippen LogP contribution in [0.5, 0.6) is 0 Å². The van der Waals surface area contributed by atoms with Crippen LogP contribution in [0.1, 0.15) is 53.2 Å². The van der Waals surface area contributed by atoms with Crippen LogP contribution >= 0.6 is 22.9 Å². The number of aromatic nitrogens is 3. The summed E-state index contributed by atoms with van der Waals surface area (Å²) in [4.78, 5) is 39.2. The number of rotatable bonds is 27. The van der Waals surface area contributed by atoms with E-state index in [4.69, 9.17) is 43.4 Å². The molecule has 0 bridgehead atoms. The van der Waals surface area contributed by atoms with Crippen molar-refractivity contribution < 1.29 is 65.4 Å². The van der Waals surface area contributed by atoms with Gasteiger partial charge < -0.3 is 72.6 Å². The second-order valence-corrected chi connectivity index (χ2v) is 15.9. The summed E-state index contributed by atoms with van der Waals surface area (Å²) in [5.41, 5.74) is 13.0. The maximum absolute atomic E-state index is 12.5. The summed E-state index contributed by atoms with van der Waals surface area (Å²) in [6.45, 7) is -1.97. The smallest absolute Gasteiger partial charge is 0.306 e. The molecule has 0 aliphatic heterocycles. The van der Waals surface area contributed by atoms with Crippen molar-refractivity contribution in [3.8, 4) is 10.4 Å². The van der Waals surface area contributed by atoms with Gasteiger partial charge in [-0.3, -0.25) is 25.2 Å². The highest BCUT2D eigenvalue weighted by molar-refractivity contribution is 7.15. The first-order chi connectivity index (χ1) is 29.4. The Labute approximate surface area is 366 Å². The molecule has 0 fully saturated rings. The molecule has 17 N–H and O–H groups in total. The number of nitrogen functional groups attached to an aromatic ring is 2. The number of aliphatic hydroxyl groups is 10. The minimum Gasteiger partial charge on any atom is -0.466 e. The number of thiazole rings is 1. The molecule has 1 aromatic carbocycles. The molecule has 346 valence electrons. The number of nitrogens with two attached hydrogens (primary N) is 2. The molecular weight excluding hydrogens is 858 g/mol. The van der Waals surface area contributed by atoms with Gasteiger partial charge in [0.05, 0.1) is 48.3 Å². The third-order valence-electron chi connectivity index (χ3n) is 9.56. The maximum atomic E-state index is 12.5. The second kappa shape index (κ2) is 26.4. The number of unbranched alkanes of at least 4 members (excludes halogenated alkanes) is 2. The average molecular weight is 916 g/mol. The fraction of sp³-hybridized carbons (Fsp3) is 0.579. The summed E-state index contributed by atoms with van der Waals surface area (Å²) in [5, 5.41) is 113. The van der Waals surface area contributed by atoms with E-state index >= 15 is 0 Å². The monoisotopic (exact) mass is 915 g/mol. The molecule has 62 heavy (non-hydrogen) atoms. The fourth-order valence-corrected chi connectivity index (χ4v) is 6.97. The first-order valence-corrected chi connectivity index (χ1v) is 21.0. The van der Waals surface area contributed by atoms with Gasteiger partial charge in [-0.15, -0.1) is 11.3 Å². The van der Waals surface area contributed by atoms with Crippen LogP contribution in [-0.2, 0) is 22.4 Å². The number of esters is 1. The molecule has 0 saturated heterocycles. The van der Waals surface area contributed by atoms with Gasteiger partial charge in [-0.2, -0.15) is 0 Å². The lowest BCUT2D eigenvalue weighted by Gasteiger charge is -2.33. The third-order valence-corrected chi connectivity index (χ3v) is 10.9. The lowest BCUT2D eigenvalue weighted by Crippen LogP contribution is -2.53. The Bertz CT molecular complexity index is 1820. The molecule has 0 aliphatic rings. The van der Waals surface area contributed by atoms with Crippen molar-refractivity contribution in [3.63, 3.8) is 0 Å². The molecule has 3 rings (SSSR count). The highest BCUT2D eigenvalue weighted by Gasteiger charge is 2.34. The van der Waals surface area contributed by atoms with Gasteiger partial charge in [0.15, 0.2) is 28.4 Å². The van der Waals surface area contributed by atoms with Gasteiger partial charge in [0, 0.05) is 32.3 Å². The highest BCUT2D eigenvalue weighted by atomic mass is 35.5. The molecule has 2 heterocycles. The summed E-state index contributed by atoms with van der Waals surface area (Å²) in [7, 11) is 0. The van der Waals surface area contributed by atoms with Crippen LogP contribution in [-0.4, -0.2) is 184 Å². The van der Waals surface area contributed by atoms with Gasteiger partial charge in [-0.05, 0) is 49.8 Å². The zero-order valence-electron chi connectivity index (χ0n) is 33.8. The number of nitrogens with zero attached hydrogens (tertiary/aromatic N) is 4. The SMILES string of the molecule is N=C(NCCCCc1ccc(-c2cnc(CCC(=O)OCCCCN(CC(O)C(O)C(O)C(O)CO)CC(O)C(O)C(O)C(O)CO)s2)cc1)NC(=O)c1nc(Cl)c(N)nc1N. The van der Waals surface area contributed by atoms with Gasteiger partial charge in [0.2, 0.25) is 0 Å². The van der Waals surface area contributed by atoms with Crippen molar-refractivity contribution in [2.45, 2.75) is 93.8 Å². The number of carbonyl (C=O) groups is 2. The Morgan fingerprint density at radius 1 is 0.806 bits per heavy atom. The second-order valence-electron chi connectivity index (χ2n) is 14.4. The Balaban J connectivity index is 1.37. The van der Waals surface area contributed by atoms with E-state index in [0.29, 0.717) is 25.8 Å². The third kappa shape index (κ3) is 16.8. The van der Waals surface area contributed by atoms with Crippen LogP contribution in [0.2, 0.25) is 5.15 Å². The number of amides is 1. The van der Waals surface area contributed by atoms with Crippen molar-refractivity contribution in [2.75, 3.05) is 57.5 Å². The van der Waals surface area contributed by atoms with Crippen LogP contribution in [0.4, 0.5) is 11.6 Å². The quantitative estimate of drug-likeness (QED) is 0.0158. The largest absolute Gasteiger partial charge is 0.466 e. The van der Waals surface area contributed by atoms with Crippen molar-refractivity contribution >= 4 is 52.4 Å². The summed E-state index contributed by atoms with van der Waals surface area (Å²) >= 11 is 7.27. The summed E-state index contributed by atoms with van der Waals surface area (Å²) in [6.07, 6.45) is -9.26. The predicted molar refractivity (Wildman–Crippen MR) is 227 cm³/mol. The number of benzene rings is 1. The zero-order chi connectivity index (χ0) is 45.9. The lowest BCUT2D eigenvalue weighted by molar-refractivity contribution is -0.143. The summed E-state index contributed by atoms with van der Waals surface area (Å²) < 4.78 is 5.36. The lowest BCUT2D eigenvalue weighted by atomic mass is 10.0. The summed E-state index contributed by atoms with van der Waals surface area (Å²) in [6, 6.07) is 8.02. The number of guanidine groups is 1. The van der Waals surface area contributed by atoms with Gasteiger partial charge in [0.1, 0.15) is 36.6 Å². The highest BCUT2D eigenvalue weighted by Crippen LogP contribution is 2.27. The molecule has 2 aromatic heterocycles. The Kier molecular flexibility index (Phi) is 22.2. The van der Waals surface area contributed by atoms with Gasteiger partial charge in [-0.25, -0.2) is 15.0 Å². The topological polar surface area (TPSA) is 388 Å². The minimum atomic E-state index is -1.90. The van der Waals surface area contributed by atoms with E-state index in [2.05, 4.69) is 25.6 Å². The van der Waals surface area contributed by atoms with E-state index < -0.39 is 87.0 Å². The Morgan fingerprint density at radius 3 is 2.00 bits per heavy atom. The minimum absolute atomic E-state index is 0.0348. The van der Waals surface area contributed by atoms with Crippen molar-refractivity contribution in [1.82, 2.24) is 30.5 Å².